The molecule has 0 aromatic heterocycles. The topological polar surface area (TPSA) is 35.5 Å². The van der Waals surface area contributed by atoms with Gasteiger partial charge >= 0.3 is 0 Å². The number of rotatable bonds is 3. The van der Waals surface area contributed by atoms with Crippen molar-refractivity contribution in [1.82, 2.24) is 0 Å². The summed E-state index contributed by atoms with van der Waals surface area (Å²) in [5, 5.41) is 0. The van der Waals surface area contributed by atoms with Crippen molar-refractivity contribution >= 4 is 5.78 Å². The van der Waals surface area contributed by atoms with Crippen molar-refractivity contribution in [2.24, 2.45) is 0 Å². The van der Waals surface area contributed by atoms with Crippen LogP contribution in [0.5, 0.6) is 0 Å². The van der Waals surface area contributed by atoms with Crippen LogP contribution in [0.15, 0.2) is 30.3 Å². The first-order valence-electron chi connectivity index (χ1n) is 6.60. The van der Waals surface area contributed by atoms with Gasteiger partial charge in [-0.1, -0.05) is 30.3 Å². The zero-order chi connectivity index (χ0) is 12.4. The molecule has 1 aliphatic carbocycles. The van der Waals surface area contributed by atoms with Crippen LogP contribution in [-0.2, 0) is 20.9 Å². The van der Waals surface area contributed by atoms with E-state index in [1.807, 2.05) is 30.3 Å². The monoisotopic (exact) mass is 246 g/mol. The van der Waals surface area contributed by atoms with Gasteiger partial charge in [-0.3, -0.25) is 4.79 Å². The fraction of sp³-hybridized carbons (Fsp3) is 0.533. The van der Waals surface area contributed by atoms with E-state index >= 15 is 0 Å². The number of hydrogen-bond acceptors (Lipinski definition) is 3. The van der Waals surface area contributed by atoms with Crippen LogP contribution in [0.4, 0.5) is 0 Å². The molecular formula is C15H18O3. The molecule has 2 fully saturated rings. The number of fused-ring (bicyclic) bond motifs is 1. The van der Waals surface area contributed by atoms with E-state index in [4.69, 9.17) is 9.47 Å². The number of carbonyl (C=O) groups is 1. The number of ether oxygens (including phenoxy) is 2. The van der Waals surface area contributed by atoms with Gasteiger partial charge in [0.25, 0.3) is 0 Å². The number of hydrogen-bond donors (Lipinski definition) is 0. The SMILES string of the molecule is O=C1C[C@@H]2OCCC[C@]2(OCc2ccccc2)C1. The van der Waals surface area contributed by atoms with Crippen LogP contribution in [0.25, 0.3) is 0 Å². The van der Waals surface area contributed by atoms with E-state index in [9.17, 15) is 4.79 Å². The number of carbonyl (C=O) groups excluding carboxylic acids is 1. The zero-order valence-electron chi connectivity index (χ0n) is 10.4. The third-order valence-electron chi connectivity index (χ3n) is 3.93. The van der Waals surface area contributed by atoms with E-state index in [1.54, 1.807) is 0 Å². The van der Waals surface area contributed by atoms with Crippen molar-refractivity contribution in [2.75, 3.05) is 6.61 Å². The lowest BCUT2D eigenvalue weighted by molar-refractivity contribution is -0.167. The highest BCUT2D eigenvalue weighted by Gasteiger charge is 2.50. The smallest absolute Gasteiger partial charge is 0.138 e. The Morgan fingerprint density at radius 3 is 3.00 bits per heavy atom. The summed E-state index contributed by atoms with van der Waals surface area (Å²) in [4.78, 5) is 11.7. The lowest BCUT2D eigenvalue weighted by atomic mass is 9.91. The molecule has 96 valence electrons. The van der Waals surface area contributed by atoms with Crippen molar-refractivity contribution in [2.45, 2.75) is 44.0 Å². The van der Waals surface area contributed by atoms with Gasteiger partial charge in [0.05, 0.1) is 12.7 Å². The number of Topliss-reactive ketones (excluding diaryl/α,β-unsaturated/α-hetero) is 1. The van der Waals surface area contributed by atoms with Gasteiger partial charge in [-0.25, -0.2) is 0 Å². The van der Waals surface area contributed by atoms with Gasteiger partial charge in [0.2, 0.25) is 0 Å². The predicted molar refractivity (Wildman–Crippen MR) is 67.2 cm³/mol. The average Bonchev–Trinajstić information content (AvgIpc) is 2.74. The number of benzene rings is 1. The summed E-state index contributed by atoms with van der Waals surface area (Å²) in [5.74, 6) is 0.273. The Hall–Kier alpha value is -1.19. The maximum Gasteiger partial charge on any atom is 0.138 e. The standard InChI is InChI=1S/C15H18O3/c16-13-9-14-15(10-13,7-4-8-17-14)18-11-12-5-2-1-3-6-12/h1-3,5-6,14H,4,7-11H2/t14-,15-/m0/s1. The van der Waals surface area contributed by atoms with Crippen molar-refractivity contribution in [3.63, 3.8) is 0 Å². The molecule has 1 aliphatic heterocycles. The van der Waals surface area contributed by atoms with Crippen LogP contribution in [0.2, 0.25) is 0 Å². The number of ketones is 1. The zero-order valence-corrected chi connectivity index (χ0v) is 10.4. The summed E-state index contributed by atoms with van der Waals surface area (Å²) in [5.41, 5.74) is 0.793. The van der Waals surface area contributed by atoms with Crippen molar-refractivity contribution in [3.8, 4) is 0 Å². The Balaban J connectivity index is 1.71. The Morgan fingerprint density at radius 2 is 2.17 bits per heavy atom. The fourth-order valence-electron chi connectivity index (χ4n) is 2.99. The van der Waals surface area contributed by atoms with Gasteiger partial charge in [0.15, 0.2) is 0 Å². The summed E-state index contributed by atoms with van der Waals surface area (Å²) >= 11 is 0. The molecule has 1 saturated carbocycles. The first kappa shape index (κ1) is 11.9. The van der Waals surface area contributed by atoms with Gasteiger partial charge in [-0.15, -0.1) is 0 Å². The highest BCUT2D eigenvalue weighted by Crippen LogP contribution is 2.40. The Labute approximate surface area is 107 Å². The normalized spacial score (nSPS) is 31.3. The van der Waals surface area contributed by atoms with Crippen molar-refractivity contribution in [1.29, 1.82) is 0 Å². The van der Waals surface area contributed by atoms with Crippen LogP contribution in [0.1, 0.15) is 31.2 Å². The van der Waals surface area contributed by atoms with E-state index in [-0.39, 0.29) is 17.5 Å². The highest BCUT2D eigenvalue weighted by molar-refractivity contribution is 5.83. The first-order chi connectivity index (χ1) is 8.78. The van der Waals surface area contributed by atoms with Crippen LogP contribution in [0, 0.1) is 0 Å². The molecule has 18 heavy (non-hydrogen) atoms. The maximum atomic E-state index is 11.7. The molecule has 0 spiro atoms. The molecule has 3 rings (SSSR count). The summed E-state index contributed by atoms with van der Waals surface area (Å²) in [6, 6.07) is 10.1. The van der Waals surface area contributed by atoms with E-state index in [0.717, 1.165) is 25.0 Å². The molecule has 2 atom stereocenters. The van der Waals surface area contributed by atoms with Crippen LogP contribution >= 0.6 is 0 Å². The van der Waals surface area contributed by atoms with Gasteiger partial charge < -0.3 is 9.47 Å². The minimum absolute atomic E-state index is 0.0255. The van der Waals surface area contributed by atoms with Crippen LogP contribution in [-0.4, -0.2) is 24.1 Å². The van der Waals surface area contributed by atoms with E-state index < -0.39 is 0 Å². The molecule has 1 aromatic rings. The van der Waals surface area contributed by atoms with E-state index in [0.29, 0.717) is 19.4 Å². The minimum Gasteiger partial charge on any atom is -0.375 e. The Kier molecular flexibility index (Phi) is 3.18. The van der Waals surface area contributed by atoms with Gasteiger partial charge in [-0.2, -0.15) is 0 Å². The molecule has 1 aromatic carbocycles. The largest absolute Gasteiger partial charge is 0.375 e. The molecule has 0 radical (unpaired) electrons. The molecule has 0 N–H and O–H groups in total. The molecule has 3 heteroatoms. The van der Waals surface area contributed by atoms with Crippen LogP contribution in [0.3, 0.4) is 0 Å². The lowest BCUT2D eigenvalue weighted by Gasteiger charge is -2.38. The molecular weight excluding hydrogens is 228 g/mol. The average molecular weight is 246 g/mol. The van der Waals surface area contributed by atoms with Gasteiger partial charge in [0, 0.05) is 19.4 Å². The highest BCUT2D eigenvalue weighted by atomic mass is 16.6. The molecule has 1 saturated heterocycles. The molecule has 1 heterocycles. The Bertz CT molecular complexity index is 429. The Morgan fingerprint density at radius 1 is 1.33 bits per heavy atom. The van der Waals surface area contributed by atoms with Crippen molar-refractivity contribution in [3.05, 3.63) is 35.9 Å². The second-order valence-electron chi connectivity index (χ2n) is 5.22. The summed E-state index contributed by atoms with van der Waals surface area (Å²) in [6.45, 7) is 1.32. The molecule has 0 amide bonds. The first-order valence-corrected chi connectivity index (χ1v) is 6.60. The van der Waals surface area contributed by atoms with E-state index in [2.05, 4.69) is 0 Å². The maximum absolute atomic E-state index is 11.7. The summed E-state index contributed by atoms with van der Waals surface area (Å²) in [6.07, 6.45) is 2.94. The molecule has 2 aliphatic rings. The fourth-order valence-corrected chi connectivity index (χ4v) is 2.99. The second kappa shape index (κ2) is 4.82. The predicted octanol–water partition coefficient (Wildman–Crippen LogP) is 2.48. The lowest BCUT2D eigenvalue weighted by Crippen LogP contribution is -2.45. The summed E-state index contributed by atoms with van der Waals surface area (Å²) in [7, 11) is 0. The quantitative estimate of drug-likeness (QED) is 0.822. The third kappa shape index (κ3) is 2.20. The minimum atomic E-state index is -0.356. The van der Waals surface area contributed by atoms with Crippen LogP contribution < -0.4 is 0 Å². The molecule has 3 nitrogen and oxygen atoms in total. The summed E-state index contributed by atoms with van der Waals surface area (Å²) < 4.78 is 11.8. The van der Waals surface area contributed by atoms with E-state index in [1.165, 1.54) is 0 Å². The third-order valence-corrected chi connectivity index (χ3v) is 3.93. The van der Waals surface area contributed by atoms with Gasteiger partial charge in [-0.05, 0) is 18.4 Å². The van der Waals surface area contributed by atoms with Crippen molar-refractivity contribution < 1.29 is 14.3 Å². The van der Waals surface area contributed by atoms with Gasteiger partial charge in [0.1, 0.15) is 11.4 Å². The molecule has 0 unspecified atom stereocenters. The molecule has 0 bridgehead atoms. The second-order valence-corrected chi connectivity index (χ2v) is 5.22.